The second kappa shape index (κ2) is 6.96. The van der Waals surface area contributed by atoms with Crippen molar-refractivity contribution in [1.82, 2.24) is 15.1 Å². The summed E-state index contributed by atoms with van der Waals surface area (Å²) in [5.41, 5.74) is 1.42. The third kappa shape index (κ3) is 4.20. The van der Waals surface area contributed by atoms with Crippen LogP contribution in [0, 0.1) is 0 Å². The van der Waals surface area contributed by atoms with Crippen molar-refractivity contribution >= 4 is 5.91 Å². The van der Waals surface area contributed by atoms with Gasteiger partial charge in [0.25, 0.3) is 0 Å². The first-order chi connectivity index (χ1) is 11.1. The normalized spacial score (nSPS) is 16.4. The molecule has 1 saturated carbocycles. The van der Waals surface area contributed by atoms with Crippen LogP contribution in [0.2, 0.25) is 0 Å². The summed E-state index contributed by atoms with van der Waals surface area (Å²) in [6, 6.07) is 9.92. The summed E-state index contributed by atoms with van der Waals surface area (Å²) < 4.78 is 1.86. The Hall–Kier alpha value is -2.14. The van der Waals surface area contributed by atoms with Crippen molar-refractivity contribution in [3.8, 4) is 0 Å². The number of benzene rings is 1. The molecule has 2 aromatic rings. The summed E-state index contributed by atoms with van der Waals surface area (Å²) in [4.78, 5) is 12.1. The Morgan fingerprint density at radius 1 is 1.22 bits per heavy atom. The molecule has 122 valence electrons. The molecule has 0 atom stereocenters. The van der Waals surface area contributed by atoms with Crippen molar-refractivity contribution in [2.75, 3.05) is 0 Å². The lowest BCUT2D eigenvalue weighted by molar-refractivity contribution is -0.126. The van der Waals surface area contributed by atoms with Gasteiger partial charge in [-0.05, 0) is 30.0 Å². The minimum atomic E-state index is -0.793. The number of aliphatic hydroxyl groups is 1. The number of aromatic nitrogens is 2. The lowest BCUT2D eigenvalue weighted by Crippen LogP contribution is -2.34. The molecule has 0 saturated heterocycles. The minimum absolute atomic E-state index is 0.0803. The fraction of sp³-hybridized carbons (Fsp3) is 0.444. The fourth-order valence-electron chi connectivity index (χ4n) is 3.22. The summed E-state index contributed by atoms with van der Waals surface area (Å²) in [5, 5.41) is 17.5. The number of nitrogens with one attached hydrogen (secondary N) is 1. The van der Waals surface area contributed by atoms with Crippen LogP contribution >= 0.6 is 0 Å². The molecule has 1 aromatic heterocycles. The van der Waals surface area contributed by atoms with Crippen LogP contribution in [0.4, 0.5) is 0 Å². The van der Waals surface area contributed by atoms with Crippen molar-refractivity contribution in [2.45, 2.75) is 50.8 Å². The lowest BCUT2D eigenvalue weighted by atomic mass is 9.97. The van der Waals surface area contributed by atoms with Gasteiger partial charge in [0.1, 0.15) is 0 Å². The summed E-state index contributed by atoms with van der Waals surface area (Å²) in [5.74, 6) is -0.0803. The zero-order valence-electron chi connectivity index (χ0n) is 13.2. The van der Waals surface area contributed by atoms with Crippen molar-refractivity contribution in [1.29, 1.82) is 0 Å². The lowest BCUT2D eigenvalue weighted by Gasteiger charge is -2.21. The molecule has 5 nitrogen and oxygen atoms in total. The summed E-state index contributed by atoms with van der Waals surface area (Å²) >= 11 is 0. The van der Waals surface area contributed by atoms with E-state index in [4.69, 9.17) is 0 Å². The number of carbonyl (C=O) groups is 1. The Kier molecular flexibility index (Phi) is 4.76. The van der Waals surface area contributed by atoms with Gasteiger partial charge < -0.3 is 10.4 Å². The molecule has 0 aliphatic heterocycles. The van der Waals surface area contributed by atoms with Crippen molar-refractivity contribution < 1.29 is 9.90 Å². The van der Waals surface area contributed by atoms with Crippen LogP contribution in [0.15, 0.2) is 42.7 Å². The highest BCUT2D eigenvalue weighted by atomic mass is 16.3. The van der Waals surface area contributed by atoms with Gasteiger partial charge in [-0.15, -0.1) is 0 Å². The number of hydrogen-bond acceptors (Lipinski definition) is 3. The Bertz CT molecular complexity index is 646. The zero-order valence-corrected chi connectivity index (χ0v) is 13.2. The van der Waals surface area contributed by atoms with E-state index >= 15 is 0 Å². The van der Waals surface area contributed by atoms with E-state index in [-0.39, 0.29) is 12.3 Å². The highest BCUT2D eigenvalue weighted by Crippen LogP contribution is 2.32. The molecule has 0 bridgehead atoms. The smallest absolute Gasteiger partial charge is 0.223 e. The average molecular weight is 313 g/mol. The van der Waals surface area contributed by atoms with Crippen LogP contribution < -0.4 is 5.32 Å². The summed E-state index contributed by atoms with van der Waals surface area (Å²) in [6.45, 7) is 1.16. The molecular weight excluding hydrogens is 290 g/mol. The van der Waals surface area contributed by atoms with Crippen LogP contribution in [-0.4, -0.2) is 26.4 Å². The molecule has 0 unspecified atom stereocenters. The molecule has 5 heteroatoms. The van der Waals surface area contributed by atoms with Gasteiger partial charge in [-0.2, -0.15) is 5.10 Å². The molecule has 3 rings (SSSR count). The quantitative estimate of drug-likeness (QED) is 0.859. The molecule has 1 fully saturated rings. The van der Waals surface area contributed by atoms with Crippen LogP contribution in [0.1, 0.15) is 43.2 Å². The molecule has 1 heterocycles. The molecule has 0 spiro atoms. The molecule has 1 aliphatic carbocycles. The van der Waals surface area contributed by atoms with Gasteiger partial charge >= 0.3 is 0 Å². The van der Waals surface area contributed by atoms with Crippen LogP contribution in [-0.2, 0) is 17.9 Å². The van der Waals surface area contributed by atoms with Crippen molar-refractivity contribution in [3.05, 3.63) is 53.9 Å². The fourth-order valence-corrected chi connectivity index (χ4v) is 3.22. The third-order valence-corrected chi connectivity index (χ3v) is 4.51. The van der Waals surface area contributed by atoms with Crippen LogP contribution in [0.5, 0.6) is 0 Å². The van der Waals surface area contributed by atoms with Gasteiger partial charge in [-0.1, -0.05) is 37.1 Å². The molecule has 1 amide bonds. The number of amides is 1. The largest absolute Gasteiger partial charge is 0.389 e. The SMILES string of the molecule is O=C(CC1(O)CCCC1)NCc1ccccc1Cn1cccn1. The van der Waals surface area contributed by atoms with E-state index in [1.54, 1.807) is 6.20 Å². The number of rotatable bonds is 6. The van der Waals surface area contributed by atoms with Gasteiger partial charge in [-0.3, -0.25) is 9.48 Å². The highest BCUT2D eigenvalue weighted by molar-refractivity contribution is 5.77. The van der Waals surface area contributed by atoms with Gasteiger partial charge in [0.05, 0.1) is 18.6 Å². The maximum atomic E-state index is 12.1. The van der Waals surface area contributed by atoms with Gasteiger partial charge in [0.15, 0.2) is 0 Å². The topological polar surface area (TPSA) is 67.2 Å². The maximum absolute atomic E-state index is 12.1. The average Bonchev–Trinajstić information content (AvgIpc) is 3.18. The van der Waals surface area contributed by atoms with E-state index in [9.17, 15) is 9.90 Å². The summed E-state index contributed by atoms with van der Waals surface area (Å²) in [7, 11) is 0. The van der Waals surface area contributed by atoms with Gasteiger partial charge in [-0.25, -0.2) is 0 Å². The summed E-state index contributed by atoms with van der Waals surface area (Å²) in [6.07, 6.45) is 7.37. The Morgan fingerprint density at radius 2 is 1.96 bits per heavy atom. The second-order valence-electron chi connectivity index (χ2n) is 6.36. The molecule has 2 N–H and O–H groups in total. The molecule has 1 aromatic carbocycles. The first-order valence-corrected chi connectivity index (χ1v) is 8.18. The molecule has 1 aliphatic rings. The predicted octanol–water partition coefficient (Wildman–Crippen LogP) is 2.24. The number of carbonyl (C=O) groups excluding carboxylic acids is 1. The van der Waals surface area contributed by atoms with E-state index in [2.05, 4.69) is 10.4 Å². The van der Waals surface area contributed by atoms with Gasteiger partial charge in [0, 0.05) is 18.9 Å². The number of nitrogens with zero attached hydrogens (tertiary/aromatic N) is 2. The Labute approximate surface area is 136 Å². The van der Waals surface area contributed by atoms with E-state index in [0.29, 0.717) is 13.1 Å². The highest BCUT2D eigenvalue weighted by Gasteiger charge is 2.33. The van der Waals surface area contributed by atoms with Gasteiger partial charge in [0.2, 0.25) is 5.91 Å². The Morgan fingerprint density at radius 3 is 2.65 bits per heavy atom. The van der Waals surface area contributed by atoms with Crippen molar-refractivity contribution in [2.24, 2.45) is 0 Å². The first-order valence-electron chi connectivity index (χ1n) is 8.18. The Balaban J connectivity index is 1.58. The van der Waals surface area contributed by atoms with Crippen LogP contribution in [0.3, 0.4) is 0 Å². The van der Waals surface area contributed by atoms with E-state index in [1.165, 1.54) is 0 Å². The zero-order chi connectivity index (χ0) is 16.1. The molecule has 23 heavy (non-hydrogen) atoms. The van der Waals surface area contributed by atoms with E-state index in [1.807, 2.05) is 41.2 Å². The predicted molar refractivity (Wildman–Crippen MR) is 87.7 cm³/mol. The second-order valence-corrected chi connectivity index (χ2v) is 6.36. The van der Waals surface area contributed by atoms with Crippen molar-refractivity contribution in [3.63, 3.8) is 0 Å². The maximum Gasteiger partial charge on any atom is 0.223 e. The monoisotopic (exact) mass is 313 g/mol. The minimum Gasteiger partial charge on any atom is -0.389 e. The number of hydrogen-bond donors (Lipinski definition) is 2. The molecule has 0 radical (unpaired) electrons. The third-order valence-electron chi connectivity index (χ3n) is 4.51. The standard InChI is InChI=1S/C18H23N3O2/c22-17(12-18(23)8-3-4-9-18)19-13-15-6-1-2-7-16(15)14-21-11-5-10-20-21/h1-2,5-7,10-11,23H,3-4,8-9,12-14H2,(H,19,22). The molecular formula is C18H23N3O2. The first kappa shape index (κ1) is 15.7. The van der Waals surface area contributed by atoms with E-state index in [0.717, 1.165) is 36.8 Å². The van der Waals surface area contributed by atoms with E-state index < -0.39 is 5.60 Å². The van der Waals surface area contributed by atoms with Crippen LogP contribution in [0.25, 0.3) is 0 Å².